The third-order valence-electron chi connectivity index (χ3n) is 3.15. The number of aldehydes is 1. The summed E-state index contributed by atoms with van der Waals surface area (Å²) in [6.45, 7) is 1.32. The van der Waals surface area contributed by atoms with Gasteiger partial charge >= 0.3 is 0 Å². The maximum atomic E-state index is 12.4. The van der Waals surface area contributed by atoms with Gasteiger partial charge in [-0.3, -0.25) is 19.7 Å². The molecule has 3 aromatic heterocycles. The summed E-state index contributed by atoms with van der Waals surface area (Å²) in [5.74, 6) is -1.06. The maximum absolute atomic E-state index is 12.4. The summed E-state index contributed by atoms with van der Waals surface area (Å²) in [6, 6.07) is 4.05. The van der Waals surface area contributed by atoms with Crippen LogP contribution in [-0.4, -0.2) is 35.3 Å². The van der Waals surface area contributed by atoms with Crippen LogP contribution in [0.5, 0.6) is 0 Å². The Hall–Kier alpha value is -3.17. The fraction of sp³-hybridized carbons (Fsp3) is 0.238. The summed E-state index contributed by atoms with van der Waals surface area (Å²) in [6.07, 6.45) is 8.57. The molecule has 6 nitrogen and oxygen atoms in total. The van der Waals surface area contributed by atoms with Crippen molar-refractivity contribution in [3.8, 4) is 0 Å². The molecule has 0 aromatic carbocycles. The Morgan fingerprint density at radius 2 is 1.13 bits per heavy atom. The third-order valence-corrected chi connectivity index (χ3v) is 3.15. The van der Waals surface area contributed by atoms with E-state index in [9.17, 15) is 18.0 Å². The number of pyridine rings is 3. The average Bonchev–Trinajstić information content (AvgIpc) is 2.70. The fourth-order valence-electron chi connectivity index (χ4n) is 2.01. The molecule has 0 spiro atoms. The lowest BCUT2D eigenvalue weighted by Crippen LogP contribution is -2.05. The van der Waals surface area contributed by atoms with Crippen molar-refractivity contribution in [1.29, 1.82) is 0 Å². The van der Waals surface area contributed by atoms with Gasteiger partial charge in [-0.1, -0.05) is 7.43 Å². The Labute approximate surface area is 174 Å². The van der Waals surface area contributed by atoms with Crippen molar-refractivity contribution in [2.75, 3.05) is 14.1 Å². The highest BCUT2D eigenvalue weighted by atomic mass is 19.1. The monoisotopic (exact) mass is 421 g/mol. The van der Waals surface area contributed by atoms with E-state index in [1.165, 1.54) is 30.7 Å². The molecule has 3 rings (SSSR count). The number of halogens is 3. The molecule has 0 saturated heterocycles. The van der Waals surface area contributed by atoms with Crippen LogP contribution in [0.25, 0.3) is 0 Å². The molecule has 9 heteroatoms. The van der Waals surface area contributed by atoms with Gasteiger partial charge in [-0.05, 0) is 43.4 Å². The lowest BCUT2D eigenvalue weighted by Gasteiger charge is -1.96. The van der Waals surface area contributed by atoms with E-state index < -0.39 is 5.82 Å². The second-order valence-corrected chi connectivity index (χ2v) is 5.64. The van der Waals surface area contributed by atoms with E-state index in [0.29, 0.717) is 19.4 Å². The minimum atomic E-state index is -0.486. The average molecular weight is 421 g/mol. The van der Waals surface area contributed by atoms with Gasteiger partial charge in [0.05, 0.1) is 18.6 Å². The van der Waals surface area contributed by atoms with Gasteiger partial charge in [0.2, 0.25) is 0 Å². The molecular formula is C21H26F3N5O. The van der Waals surface area contributed by atoms with E-state index in [1.54, 1.807) is 12.4 Å². The number of carbonyl (C=O) groups excluding carboxylic acids is 1. The van der Waals surface area contributed by atoms with Crippen LogP contribution in [0.1, 0.15) is 28.9 Å². The van der Waals surface area contributed by atoms with Gasteiger partial charge < -0.3 is 10.6 Å². The molecule has 0 unspecified atom stereocenters. The van der Waals surface area contributed by atoms with Crippen molar-refractivity contribution >= 4 is 6.29 Å². The molecule has 2 N–H and O–H groups in total. The minimum absolute atomic E-state index is 0. The Morgan fingerprint density at radius 3 is 1.43 bits per heavy atom. The summed E-state index contributed by atoms with van der Waals surface area (Å²) in [5.41, 5.74) is 1.99. The first kappa shape index (κ1) is 26.8. The van der Waals surface area contributed by atoms with Crippen LogP contribution in [0, 0.1) is 17.5 Å². The molecule has 0 saturated carbocycles. The van der Waals surface area contributed by atoms with Gasteiger partial charge in [0.15, 0.2) is 6.29 Å². The number of hydrogen-bond donors (Lipinski definition) is 2. The van der Waals surface area contributed by atoms with Crippen LogP contribution in [0.4, 0.5) is 13.2 Å². The predicted octanol–water partition coefficient (Wildman–Crippen LogP) is 3.55. The lowest BCUT2D eigenvalue weighted by molar-refractivity contribution is 0.112. The summed E-state index contributed by atoms with van der Waals surface area (Å²) in [4.78, 5) is 20.8. The smallest absolute Gasteiger partial charge is 0.151 e. The van der Waals surface area contributed by atoms with Crippen molar-refractivity contribution in [3.63, 3.8) is 0 Å². The van der Waals surface area contributed by atoms with E-state index >= 15 is 0 Å². The zero-order valence-corrected chi connectivity index (χ0v) is 16.1. The molecule has 3 aromatic rings. The SMILES string of the molecule is C.CNCc1cncc(F)c1.CNCc1cncc(F)c1.O=Cc1cncc(F)c1. The van der Waals surface area contributed by atoms with Gasteiger partial charge in [0.1, 0.15) is 17.5 Å². The van der Waals surface area contributed by atoms with E-state index in [0.717, 1.165) is 23.4 Å². The highest BCUT2D eigenvalue weighted by Crippen LogP contribution is 2.00. The van der Waals surface area contributed by atoms with Gasteiger partial charge in [0.25, 0.3) is 0 Å². The zero-order chi connectivity index (χ0) is 21.5. The number of rotatable bonds is 5. The second kappa shape index (κ2) is 15.7. The van der Waals surface area contributed by atoms with Crippen LogP contribution < -0.4 is 10.6 Å². The summed E-state index contributed by atoms with van der Waals surface area (Å²) in [5, 5.41) is 5.81. The number of aromatic nitrogens is 3. The van der Waals surface area contributed by atoms with Crippen LogP contribution in [-0.2, 0) is 13.1 Å². The zero-order valence-electron chi connectivity index (χ0n) is 16.1. The van der Waals surface area contributed by atoms with Crippen LogP contribution in [0.15, 0.2) is 55.4 Å². The van der Waals surface area contributed by atoms with Crippen LogP contribution >= 0.6 is 0 Å². The normalized spacial score (nSPS) is 9.23. The Kier molecular flexibility index (Phi) is 14.1. The van der Waals surface area contributed by atoms with Crippen molar-refractivity contribution in [1.82, 2.24) is 25.6 Å². The summed E-state index contributed by atoms with van der Waals surface area (Å²) >= 11 is 0. The van der Waals surface area contributed by atoms with Crippen molar-refractivity contribution < 1.29 is 18.0 Å². The van der Waals surface area contributed by atoms with Gasteiger partial charge in [-0.25, -0.2) is 13.2 Å². The number of carbonyl (C=O) groups is 1. The molecule has 0 aliphatic carbocycles. The standard InChI is InChI=1S/2C7H9FN2.C6H4FNO.CH4/c2*1-9-3-6-2-7(8)5-10-4-6;7-6-1-5(4-9)2-8-3-6;/h2*2,4-5,9H,3H2,1H3;1-4H;1H4. The quantitative estimate of drug-likeness (QED) is 0.614. The molecule has 0 amide bonds. The van der Waals surface area contributed by atoms with Crippen LogP contribution in [0.3, 0.4) is 0 Å². The molecule has 0 bridgehead atoms. The van der Waals surface area contributed by atoms with Gasteiger partial charge in [0, 0.05) is 37.2 Å². The number of hydrogen-bond acceptors (Lipinski definition) is 6. The number of nitrogens with one attached hydrogen (secondary N) is 2. The first-order valence-corrected chi connectivity index (χ1v) is 8.52. The molecule has 3 heterocycles. The fourth-order valence-corrected chi connectivity index (χ4v) is 2.01. The summed E-state index contributed by atoms with van der Waals surface area (Å²) < 4.78 is 36.9. The molecule has 162 valence electrons. The number of nitrogens with zero attached hydrogens (tertiary/aromatic N) is 3. The summed E-state index contributed by atoms with van der Waals surface area (Å²) in [7, 11) is 3.62. The van der Waals surface area contributed by atoms with E-state index in [1.807, 2.05) is 14.1 Å². The molecular weight excluding hydrogens is 395 g/mol. The molecule has 0 fully saturated rings. The Morgan fingerprint density at radius 1 is 0.733 bits per heavy atom. The van der Waals surface area contributed by atoms with Crippen LogP contribution in [0.2, 0.25) is 0 Å². The van der Waals surface area contributed by atoms with Crippen molar-refractivity contribution in [2.24, 2.45) is 0 Å². The van der Waals surface area contributed by atoms with Crippen molar-refractivity contribution in [2.45, 2.75) is 20.5 Å². The highest BCUT2D eigenvalue weighted by molar-refractivity contribution is 5.73. The first-order chi connectivity index (χ1) is 14.0. The highest BCUT2D eigenvalue weighted by Gasteiger charge is 1.93. The molecule has 0 aliphatic heterocycles. The second-order valence-electron chi connectivity index (χ2n) is 5.64. The Bertz CT molecular complexity index is 833. The van der Waals surface area contributed by atoms with E-state index in [2.05, 4.69) is 25.6 Å². The predicted molar refractivity (Wildman–Crippen MR) is 110 cm³/mol. The maximum Gasteiger partial charge on any atom is 0.151 e. The first-order valence-electron chi connectivity index (χ1n) is 8.52. The van der Waals surface area contributed by atoms with Crippen molar-refractivity contribution in [3.05, 3.63) is 89.5 Å². The van der Waals surface area contributed by atoms with Gasteiger partial charge in [-0.2, -0.15) is 0 Å². The largest absolute Gasteiger partial charge is 0.316 e. The lowest BCUT2D eigenvalue weighted by atomic mass is 10.3. The minimum Gasteiger partial charge on any atom is -0.316 e. The molecule has 0 radical (unpaired) electrons. The molecule has 0 atom stereocenters. The van der Waals surface area contributed by atoms with E-state index in [4.69, 9.17) is 0 Å². The molecule has 0 aliphatic rings. The molecule has 30 heavy (non-hydrogen) atoms. The van der Waals surface area contributed by atoms with E-state index in [-0.39, 0.29) is 24.6 Å². The Balaban J connectivity index is 0.000000414. The topological polar surface area (TPSA) is 79.8 Å². The van der Waals surface area contributed by atoms with Gasteiger partial charge in [-0.15, -0.1) is 0 Å². The third kappa shape index (κ3) is 11.6.